The SMILES string of the molecule is SCc1cc2c3c(ccn3CCC2)c1. The summed E-state index contributed by atoms with van der Waals surface area (Å²) in [5.41, 5.74) is 4.29. The van der Waals surface area contributed by atoms with Crippen LogP contribution >= 0.6 is 12.6 Å². The highest BCUT2D eigenvalue weighted by molar-refractivity contribution is 7.79. The molecule has 0 aliphatic carbocycles. The molecule has 3 rings (SSSR count). The molecule has 14 heavy (non-hydrogen) atoms. The predicted octanol–water partition coefficient (Wildman–Crippen LogP) is 3.02. The van der Waals surface area contributed by atoms with Crippen LogP contribution in [-0.4, -0.2) is 4.57 Å². The highest BCUT2D eigenvalue weighted by atomic mass is 32.1. The summed E-state index contributed by atoms with van der Waals surface area (Å²) < 4.78 is 2.37. The van der Waals surface area contributed by atoms with Gasteiger partial charge >= 0.3 is 0 Å². The predicted molar refractivity (Wildman–Crippen MR) is 62.9 cm³/mol. The molecule has 0 unspecified atom stereocenters. The maximum atomic E-state index is 4.34. The van der Waals surface area contributed by atoms with Crippen LogP contribution in [0, 0.1) is 0 Å². The molecule has 1 nitrogen and oxygen atoms in total. The Labute approximate surface area is 89.1 Å². The van der Waals surface area contributed by atoms with Crippen molar-refractivity contribution < 1.29 is 0 Å². The zero-order valence-electron chi connectivity index (χ0n) is 8.03. The average molecular weight is 203 g/mol. The first-order chi connectivity index (χ1) is 6.88. The molecule has 0 saturated heterocycles. The summed E-state index contributed by atoms with van der Waals surface area (Å²) >= 11 is 4.34. The highest BCUT2D eigenvalue weighted by Gasteiger charge is 2.12. The smallest absolute Gasteiger partial charge is 0.0513 e. The third-order valence-corrected chi connectivity index (χ3v) is 3.39. The zero-order valence-corrected chi connectivity index (χ0v) is 8.93. The number of rotatable bonds is 1. The second-order valence-electron chi connectivity index (χ2n) is 3.96. The molecule has 1 aromatic heterocycles. The van der Waals surface area contributed by atoms with Crippen LogP contribution in [0.1, 0.15) is 17.5 Å². The van der Waals surface area contributed by atoms with E-state index >= 15 is 0 Å². The van der Waals surface area contributed by atoms with Crippen LogP contribution in [0.2, 0.25) is 0 Å². The second kappa shape index (κ2) is 3.06. The highest BCUT2D eigenvalue weighted by Crippen LogP contribution is 2.28. The van der Waals surface area contributed by atoms with Crippen LogP contribution < -0.4 is 0 Å². The van der Waals surface area contributed by atoms with Crippen molar-refractivity contribution in [2.75, 3.05) is 0 Å². The minimum Gasteiger partial charge on any atom is -0.347 e. The zero-order chi connectivity index (χ0) is 9.54. The molecule has 2 aromatic rings. The maximum Gasteiger partial charge on any atom is 0.0513 e. The van der Waals surface area contributed by atoms with E-state index in [4.69, 9.17) is 0 Å². The number of nitrogens with zero attached hydrogens (tertiary/aromatic N) is 1. The van der Waals surface area contributed by atoms with E-state index in [1.807, 2.05) is 0 Å². The lowest BCUT2D eigenvalue weighted by Crippen LogP contribution is -2.06. The summed E-state index contributed by atoms with van der Waals surface area (Å²) in [5, 5.41) is 1.38. The maximum absolute atomic E-state index is 4.34. The number of benzene rings is 1. The molecule has 0 saturated carbocycles. The van der Waals surface area contributed by atoms with Gasteiger partial charge in [0.25, 0.3) is 0 Å². The van der Waals surface area contributed by atoms with Crippen LogP contribution in [0.25, 0.3) is 10.9 Å². The molecule has 0 atom stereocenters. The first kappa shape index (κ1) is 8.42. The van der Waals surface area contributed by atoms with Crippen molar-refractivity contribution in [2.24, 2.45) is 0 Å². The van der Waals surface area contributed by atoms with Crippen molar-refractivity contribution >= 4 is 23.5 Å². The van der Waals surface area contributed by atoms with Crippen LogP contribution in [0.5, 0.6) is 0 Å². The van der Waals surface area contributed by atoms with E-state index in [0.29, 0.717) is 0 Å². The number of hydrogen-bond donors (Lipinski definition) is 1. The van der Waals surface area contributed by atoms with Crippen molar-refractivity contribution in [2.45, 2.75) is 25.1 Å². The van der Waals surface area contributed by atoms with E-state index in [9.17, 15) is 0 Å². The normalized spacial score (nSPS) is 14.9. The van der Waals surface area contributed by atoms with Gasteiger partial charge in [-0.25, -0.2) is 0 Å². The standard InChI is InChI=1S/C12H13NS/c14-8-9-6-10-2-1-4-13-5-3-11(7-9)12(10)13/h3,5-7,14H,1-2,4,8H2. The molecule has 0 spiro atoms. The fourth-order valence-electron chi connectivity index (χ4n) is 2.42. The Morgan fingerprint density at radius 1 is 1.36 bits per heavy atom. The Hall–Kier alpha value is -0.890. The Bertz CT molecular complexity index is 484. The molecule has 1 aromatic carbocycles. The monoisotopic (exact) mass is 203 g/mol. The molecule has 1 aliphatic rings. The molecule has 0 N–H and O–H groups in total. The van der Waals surface area contributed by atoms with Crippen molar-refractivity contribution in [3.05, 3.63) is 35.5 Å². The summed E-state index contributed by atoms with van der Waals surface area (Å²) in [7, 11) is 0. The molecule has 2 heteroatoms. The molecule has 0 bridgehead atoms. The lowest BCUT2D eigenvalue weighted by molar-refractivity contribution is 0.635. The lowest BCUT2D eigenvalue weighted by atomic mass is 10.0. The van der Waals surface area contributed by atoms with Gasteiger partial charge in [0.2, 0.25) is 0 Å². The molecule has 2 heterocycles. The summed E-state index contributed by atoms with van der Waals surface area (Å²) in [4.78, 5) is 0. The van der Waals surface area contributed by atoms with E-state index in [0.717, 1.165) is 5.75 Å². The fraction of sp³-hybridized carbons (Fsp3) is 0.333. The largest absolute Gasteiger partial charge is 0.347 e. The van der Waals surface area contributed by atoms with E-state index in [2.05, 4.69) is 41.6 Å². The Morgan fingerprint density at radius 3 is 3.14 bits per heavy atom. The summed E-state index contributed by atoms with van der Waals surface area (Å²) in [6.07, 6.45) is 4.70. The van der Waals surface area contributed by atoms with Gasteiger partial charge < -0.3 is 4.57 Å². The summed E-state index contributed by atoms with van der Waals surface area (Å²) in [6.45, 7) is 1.18. The Balaban J connectivity index is 2.36. The van der Waals surface area contributed by atoms with Gasteiger partial charge in [0.1, 0.15) is 0 Å². The average Bonchev–Trinajstić information content (AvgIpc) is 2.64. The summed E-state index contributed by atoms with van der Waals surface area (Å²) in [6, 6.07) is 6.79. The van der Waals surface area contributed by atoms with Crippen LogP contribution in [-0.2, 0) is 18.7 Å². The van der Waals surface area contributed by atoms with Crippen molar-refractivity contribution in [3.63, 3.8) is 0 Å². The molecule has 72 valence electrons. The van der Waals surface area contributed by atoms with Gasteiger partial charge in [-0.3, -0.25) is 0 Å². The van der Waals surface area contributed by atoms with Crippen molar-refractivity contribution in [1.82, 2.24) is 4.57 Å². The molecule has 0 fully saturated rings. The van der Waals surface area contributed by atoms with Gasteiger partial charge in [-0.15, -0.1) is 0 Å². The minimum absolute atomic E-state index is 0.841. The Kier molecular flexibility index (Phi) is 1.84. The van der Waals surface area contributed by atoms with Crippen molar-refractivity contribution in [3.8, 4) is 0 Å². The van der Waals surface area contributed by atoms with Crippen molar-refractivity contribution in [1.29, 1.82) is 0 Å². The van der Waals surface area contributed by atoms with E-state index in [-0.39, 0.29) is 0 Å². The quantitative estimate of drug-likeness (QED) is 0.680. The van der Waals surface area contributed by atoms with Gasteiger partial charge in [0.05, 0.1) is 5.52 Å². The Morgan fingerprint density at radius 2 is 2.29 bits per heavy atom. The summed E-state index contributed by atoms with van der Waals surface area (Å²) in [5.74, 6) is 0.841. The number of aryl methyl sites for hydroxylation is 2. The number of thiol groups is 1. The van der Waals surface area contributed by atoms with Gasteiger partial charge in [0, 0.05) is 23.9 Å². The molecule has 0 amide bonds. The van der Waals surface area contributed by atoms with Crippen LogP contribution in [0.4, 0.5) is 0 Å². The van der Waals surface area contributed by atoms with Gasteiger partial charge in [-0.2, -0.15) is 12.6 Å². The fourth-order valence-corrected chi connectivity index (χ4v) is 2.60. The molecule has 0 radical (unpaired) electrons. The van der Waals surface area contributed by atoms with Gasteiger partial charge in [-0.05, 0) is 36.1 Å². The second-order valence-corrected chi connectivity index (χ2v) is 4.28. The third kappa shape index (κ3) is 1.10. The first-order valence-corrected chi connectivity index (χ1v) is 5.73. The molecule has 1 aliphatic heterocycles. The number of aromatic nitrogens is 1. The number of hydrogen-bond acceptors (Lipinski definition) is 1. The van der Waals surface area contributed by atoms with E-state index in [1.54, 1.807) is 0 Å². The molecular weight excluding hydrogens is 190 g/mol. The topological polar surface area (TPSA) is 4.93 Å². The van der Waals surface area contributed by atoms with Gasteiger partial charge in [-0.1, -0.05) is 6.07 Å². The first-order valence-electron chi connectivity index (χ1n) is 5.10. The minimum atomic E-state index is 0.841. The van der Waals surface area contributed by atoms with Gasteiger partial charge in [0.15, 0.2) is 0 Å². The van der Waals surface area contributed by atoms with Crippen LogP contribution in [0.3, 0.4) is 0 Å². The molecular formula is C12H13NS. The van der Waals surface area contributed by atoms with E-state index in [1.165, 1.54) is 41.4 Å². The van der Waals surface area contributed by atoms with E-state index < -0.39 is 0 Å². The third-order valence-electron chi connectivity index (χ3n) is 3.03. The van der Waals surface area contributed by atoms with Crippen LogP contribution in [0.15, 0.2) is 24.4 Å². The lowest BCUT2D eigenvalue weighted by Gasteiger charge is -2.16.